The van der Waals surface area contributed by atoms with Gasteiger partial charge in [-0.15, -0.1) is 0 Å². The third kappa shape index (κ3) is 2.32. The second-order valence-corrected chi connectivity index (χ2v) is 4.10. The highest BCUT2D eigenvalue weighted by Gasteiger charge is 2.12. The van der Waals surface area contributed by atoms with Crippen molar-refractivity contribution in [2.75, 3.05) is 11.9 Å². The van der Waals surface area contributed by atoms with Crippen LogP contribution in [0, 0.1) is 0 Å². The zero-order chi connectivity index (χ0) is 12.3. The summed E-state index contributed by atoms with van der Waals surface area (Å²) in [5.74, 6) is 0. The van der Waals surface area contributed by atoms with E-state index in [1.807, 2.05) is 42.3 Å². The highest BCUT2D eigenvalue weighted by atomic mass is 35.5. The molecule has 2 nitrogen and oxygen atoms in total. The summed E-state index contributed by atoms with van der Waals surface area (Å²) in [6.45, 7) is 0. The third-order valence-electron chi connectivity index (χ3n) is 2.62. The van der Waals surface area contributed by atoms with Crippen molar-refractivity contribution in [3.05, 3.63) is 59.1 Å². The van der Waals surface area contributed by atoms with Crippen molar-refractivity contribution in [2.24, 2.45) is 0 Å². The molecule has 0 fully saturated rings. The monoisotopic (exact) mass is 245 g/mol. The molecule has 0 aromatic heterocycles. The molecule has 2 rings (SSSR count). The summed E-state index contributed by atoms with van der Waals surface area (Å²) < 4.78 is 0. The van der Waals surface area contributed by atoms with Crippen molar-refractivity contribution in [1.29, 1.82) is 0 Å². The van der Waals surface area contributed by atoms with E-state index in [-0.39, 0.29) is 0 Å². The molecule has 0 aliphatic rings. The number of hydrogen-bond donors (Lipinski definition) is 0. The summed E-state index contributed by atoms with van der Waals surface area (Å²) in [6, 6.07) is 15.1. The van der Waals surface area contributed by atoms with Crippen LogP contribution in [0.4, 0.5) is 11.4 Å². The first-order chi connectivity index (χ1) is 8.24. The molecule has 0 radical (unpaired) electrons. The molecule has 0 bridgehead atoms. The molecule has 0 aliphatic heterocycles. The molecule has 0 aliphatic carbocycles. The van der Waals surface area contributed by atoms with Crippen LogP contribution >= 0.6 is 11.6 Å². The molecule has 3 heteroatoms. The van der Waals surface area contributed by atoms with E-state index in [0.29, 0.717) is 10.6 Å². The first-order valence-corrected chi connectivity index (χ1v) is 5.64. The molecule has 2 aromatic rings. The van der Waals surface area contributed by atoms with E-state index in [1.165, 1.54) is 0 Å². The Balaban J connectivity index is 2.50. The fraction of sp³-hybridized carbons (Fsp3) is 0.0714. The van der Waals surface area contributed by atoms with E-state index in [2.05, 4.69) is 0 Å². The first kappa shape index (κ1) is 11.7. The number of carbonyl (C=O) groups excluding carboxylic acids is 1. The highest BCUT2D eigenvalue weighted by molar-refractivity contribution is 6.34. The summed E-state index contributed by atoms with van der Waals surface area (Å²) in [5, 5.41) is 0.570. The minimum Gasteiger partial charge on any atom is -0.343 e. The van der Waals surface area contributed by atoms with Gasteiger partial charge in [-0.1, -0.05) is 35.9 Å². The zero-order valence-corrected chi connectivity index (χ0v) is 10.2. The van der Waals surface area contributed by atoms with Crippen molar-refractivity contribution >= 4 is 29.3 Å². The molecule has 0 spiro atoms. The van der Waals surface area contributed by atoms with Gasteiger partial charge in [0.05, 0.1) is 10.7 Å². The van der Waals surface area contributed by atoms with Gasteiger partial charge in [-0.05, 0) is 24.3 Å². The van der Waals surface area contributed by atoms with Crippen LogP contribution in [0.3, 0.4) is 0 Å². The topological polar surface area (TPSA) is 20.3 Å². The van der Waals surface area contributed by atoms with E-state index in [1.54, 1.807) is 18.2 Å². The van der Waals surface area contributed by atoms with Gasteiger partial charge < -0.3 is 4.90 Å². The Morgan fingerprint density at radius 3 is 2.41 bits per heavy atom. The third-order valence-corrected chi connectivity index (χ3v) is 2.93. The first-order valence-electron chi connectivity index (χ1n) is 5.26. The van der Waals surface area contributed by atoms with Crippen molar-refractivity contribution in [3.8, 4) is 0 Å². The molecule has 2 aromatic carbocycles. The average Bonchev–Trinajstić information content (AvgIpc) is 2.38. The van der Waals surface area contributed by atoms with E-state index in [0.717, 1.165) is 17.7 Å². The Kier molecular flexibility index (Phi) is 3.45. The molecular weight excluding hydrogens is 234 g/mol. The van der Waals surface area contributed by atoms with Gasteiger partial charge in [0.15, 0.2) is 6.29 Å². The maximum atomic E-state index is 11.0. The Bertz CT molecular complexity index is 525. The van der Waals surface area contributed by atoms with Gasteiger partial charge >= 0.3 is 0 Å². The Hall–Kier alpha value is -1.80. The Labute approximate surface area is 105 Å². The molecular formula is C14H12ClNO. The number of aldehydes is 1. The van der Waals surface area contributed by atoms with E-state index in [4.69, 9.17) is 11.6 Å². The zero-order valence-electron chi connectivity index (χ0n) is 9.43. The summed E-state index contributed by atoms with van der Waals surface area (Å²) in [4.78, 5) is 12.9. The minimum absolute atomic E-state index is 0.570. The number of para-hydroxylation sites is 2. The number of carbonyl (C=O) groups is 1. The minimum atomic E-state index is 0.570. The lowest BCUT2D eigenvalue weighted by Gasteiger charge is -2.22. The van der Waals surface area contributed by atoms with Crippen molar-refractivity contribution < 1.29 is 4.79 Å². The molecule has 0 saturated heterocycles. The molecule has 0 atom stereocenters. The van der Waals surface area contributed by atoms with Gasteiger partial charge in [0.25, 0.3) is 0 Å². The van der Waals surface area contributed by atoms with Crippen LogP contribution in [-0.2, 0) is 0 Å². The maximum Gasteiger partial charge on any atom is 0.152 e. The Morgan fingerprint density at radius 1 is 1.06 bits per heavy atom. The maximum absolute atomic E-state index is 11.0. The van der Waals surface area contributed by atoms with E-state index in [9.17, 15) is 4.79 Å². The second-order valence-electron chi connectivity index (χ2n) is 3.69. The SMILES string of the molecule is CN(c1ccccc1)c1c(Cl)cccc1C=O. The standard InChI is InChI=1S/C14H12ClNO/c1-16(12-7-3-2-4-8-12)14-11(10-17)6-5-9-13(14)15/h2-10H,1H3. The number of nitrogens with zero attached hydrogens (tertiary/aromatic N) is 1. The molecule has 86 valence electrons. The van der Waals surface area contributed by atoms with Gasteiger partial charge in [-0.3, -0.25) is 4.79 Å². The van der Waals surface area contributed by atoms with Gasteiger partial charge in [-0.2, -0.15) is 0 Å². The molecule has 0 N–H and O–H groups in total. The van der Waals surface area contributed by atoms with Crippen LogP contribution in [0.15, 0.2) is 48.5 Å². The van der Waals surface area contributed by atoms with Crippen LogP contribution < -0.4 is 4.90 Å². The van der Waals surface area contributed by atoms with Crippen LogP contribution in [-0.4, -0.2) is 13.3 Å². The van der Waals surface area contributed by atoms with Crippen molar-refractivity contribution in [2.45, 2.75) is 0 Å². The number of benzene rings is 2. The summed E-state index contributed by atoms with van der Waals surface area (Å²) in [7, 11) is 1.89. The normalized spacial score (nSPS) is 10.0. The smallest absolute Gasteiger partial charge is 0.152 e. The fourth-order valence-electron chi connectivity index (χ4n) is 1.76. The van der Waals surface area contributed by atoms with Crippen LogP contribution in [0.2, 0.25) is 5.02 Å². The number of hydrogen-bond acceptors (Lipinski definition) is 2. The lowest BCUT2D eigenvalue weighted by molar-refractivity contribution is 0.112. The van der Waals surface area contributed by atoms with E-state index < -0.39 is 0 Å². The quantitative estimate of drug-likeness (QED) is 0.764. The average molecular weight is 246 g/mol. The molecule has 0 saturated carbocycles. The molecule has 17 heavy (non-hydrogen) atoms. The van der Waals surface area contributed by atoms with Gasteiger partial charge in [0.1, 0.15) is 0 Å². The largest absolute Gasteiger partial charge is 0.343 e. The van der Waals surface area contributed by atoms with Crippen LogP contribution in [0.25, 0.3) is 0 Å². The Morgan fingerprint density at radius 2 is 1.76 bits per heavy atom. The summed E-state index contributed by atoms with van der Waals surface area (Å²) in [5.41, 5.74) is 2.31. The fourth-order valence-corrected chi connectivity index (χ4v) is 2.07. The highest BCUT2D eigenvalue weighted by Crippen LogP contribution is 2.32. The van der Waals surface area contributed by atoms with Crippen LogP contribution in [0.1, 0.15) is 10.4 Å². The molecule has 0 amide bonds. The summed E-state index contributed by atoms with van der Waals surface area (Å²) >= 11 is 6.15. The van der Waals surface area contributed by atoms with Crippen LogP contribution in [0.5, 0.6) is 0 Å². The predicted molar refractivity (Wildman–Crippen MR) is 71.3 cm³/mol. The molecule has 0 unspecified atom stereocenters. The number of rotatable bonds is 3. The van der Waals surface area contributed by atoms with Gasteiger partial charge in [0, 0.05) is 18.3 Å². The predicted octanol–water partition coefficient (Wildman–Crippen LogP) is 3.92. The number of anilines is 2. The lowest BCUT2D eigenvalue weighted by atomic mass is 10.1. The van der Waals surface area contributed by atoms with Gasteiger partial charge in [-0.25, -0.2) is 0 Å². The second kappa shape index (κ2) is 5.02. The van der Waals surface area contributed by atoms with Gasteiger partial charge in [0.2, 0.25) is 0 Å². The van der Waals surface area contributed by atoms with E-state index >= 15 is 0 Å². The summed E-state index contributed by atoms with van der Waals surface area (Å²) in [6.07, 6.45) is 0.820. The number of halogens is 1. The molecule has 0 heterocycles. The van der Waals surface area contributed by atoms with Crippen molar-refractivity contribution in [1.82, 2.24) is 0 Å². The van der Waals surface area contributed by atoms with Crippen molar-refractivity contribution in [3.63, 3.8) is 0 Å². The lowest BCUT2D eigenvalue weighted by Crippen LogP contribution is -2.12.